The molecule has 0 heterocycles. The van der Waals surface area contributed by atoms with E-state index in [1.165, 1.54) is 49.7 Å². The summed E-state index contributed by atoms with van der Waals surface area (Å²) in [5, 5.41) is 24.2. The lowest BCUT2D eigenvalue weighted by molar-refractivity contribution is -0.384. The van der Waals surface area contributed by atoms with Crippen LogP contribution in [0.4, 0.5) is 5.69 Å². The van der Waals surface area contributed by atoms with Crippen molar-refractivity contribution in [3.63, 3.8) is 0 Å². The third-order valence-corrected chi connectivity index (χ3v) is 3.70. The van der Waals surface area contributed by atoms with Crippen LogP contribution >= 0.6 is 15.9 Å². The summed E-state index contributed by atoms with van der Waals surface area (Å²) in [7, 11) is 1.45. The summed E-state index contributed by atoms with van der Waals surface area (Å²) < 4.78 is 5.39. The van der Waals surface area contributed by atoms with E-state index in [9.17, 15) is 20.0 Å². The average molecular weight is 394 g/mol. The first-order chi connectivity index (χ1) is 11.4. The second-order valence-corrected chi connectivity index (χ2v) is 5.40. The molecule has 2 N–H and O–H groups in total. The molecular formula is C15H12BrN3O5. The molecule has 2 rings (SSSR count). The van der Waals surface area contributed by atoms with Crippen LogP contribution in [0.1, 0.15) is 15.9 Å². The summed E-state index contributed by atoms with van der Waals surface area (Å²) in [6, 6.07) is 8.39. The minimum absolute atomic E-state index is 0.0377. The van der Waals surface area contributed by atoms with E-state index >= 15 is 0 Å². The van der Waals surface area contributed by atoms with Gasteiger partial charge in [-0.05, 0) is 34.1 Å². The molecule has 9 heteroatoms. The number of nitrogens with zero attached hydrogens (tertiary/aromatic N) is 2. The molecule has 0 unspecified atom stereocenters. The molecule has 2 aromatic rings. The molecule has 24 heavy (non-hydrogen) atoms. The van der Waals surface area contributed by atoms with Gasteiger partial charge in [0.05, 0.1) is 23.8 Å². The summed E-state index contributed by atoms with van der Waals surface area (Å²) in [4.78, 5) is 22.1. The number of phenols is 1. The van der Waals surface area contributed by atoms with Gasteiger partial charge in [0.15, 0.2) is 0 Å². The molecule has 0 aliphatic carbocycles. The summed E-state index contributed by atoms with van der Waals surface area (Å²) in [6.07, 6.45) is 1.33. The molecule has 1 amide bonds. The Morgan fingerprint density at radius 1 is 1.38 bits per heavy atom. The second-order valence-electron chi connectivity index (χ2n) is 4.55. The molecule has 2 aromatic carbocycles. The number of nitro groups is 1. The minimum Gasteiger partial charge on any atom is -0.507 e. The van der Waals surface area contributed by atoms with Crippen molar-refractivity contribution in [1.29, 1.82) is 0 Å². The summed E-state index contributed by atoms with van der Waals surface area (Å²) in [5.74, 6) is -0.426. The predicted octanol–water partition coefficient (Wildman–Crippen LogP) is 2.84. The van der Waals surface area contributed by atoms with Crippen LogP contribution in [-0.4, -0.2) is 29.3 Å². The number of halogens is 1. The van der Waals surface area contributed by atoms with Crippen LogP contribution in [0.2, 0.25) is 0 Å². The first kappa shape index (κ1) is 17.4. The lowest BCUT2D eigenvalue weighted by Gasteiger charge is -2.05. The Hall–Kier alpha value is -2.94. The SMILES string of the molecule is COc1ccc(C(=O)N/N=C\c2ccc([N+](=O)[O-])cc2Br)c(O)c1. The van der Waals surface area contributed by atoms with Crippen molar-refractivity contribution in [1.82, 2.24) is 5.43 Å². The summed E-state index contributed by atoms with van der Waals surface area (Å²) >= 11 is 3.19. The molecule has 0 saturated heterocycles. The number of ether oxygens (including phenoxy) is 1. The fourth-order valence-corrected chi connectivity index (χ4v) is 2.25. The zero-order valence-corrected chi connectivity index (χ0v) is 14.0. The van der Waals surface area contributed by atoms with Gasteiger partial charge in [-0.25, -0.2) is 5.43 Å². The van der Waals surface area contributed by atoms with Crippen LogP contribution in [0.25, 0.3) is 0 Å². The Morgan fingerprint density at radius 2 is 2.12 bits per heavy atom. The molecule has 0 saturated carbocycles. The number of rotatable bonds is 5. The Balaban J connectivity index is 2.09. The Morgan fingerprint density at radius 3 is 2.71 bits per heavy atom. The highest BCUT2D eigenvalue weighted by Gasteiger charge is 2.11. The topological polar surface area (TPSA) is 114 Å². The molecule has 8 nitrogen and oxygen atoms in total. The maximum atomic E-state index is 12.0. The van der Waals surface area contributed by atoms with Gasteiger partial charge in [-0.1, -0.05) is 0 Å². The van der Waals surface area contributed by atoms with E-state index in [1.54, 1.807) is 0 Å². The number of non-ortho nitro benzene ring substituents is 1. The summed E-state index contributed by atoms with van der Waals surface area (Å²) in [5.41, 5.74) is 2.78. The van der Waals surface area contributed by atoms with Crippen LogP contribution in [0.3, 0.4) is 0 Å². The van der Waals surface area contributed by atoms with Gasteiger partial charge in [0, 0.05) is 28.2 Å². The number of carbonyl (C=O) groups excluding carboxylic acids is 1. The van der Waals surface area contributed by atoms with E-state index in [1.807, 2.05) is 0 Å². The molecule has 0 aromatic heterocycles. The Kier molecular flexibility index (Phi) is 5.48. The number of aromatic hydroxyl groups is 1. The largest absolute Gasteiger partial charge is 0.507 e. The Bertz CT molecular complexity index is 823. The van der Waals surface area contributed by atoms with Gasteiger partial charge < -0.3 is 9.84 Å². The molecule has 0 aliphatic heterocycles. The molecule has 0 radical (unpaired) electrons. The molecule has 124 valence electrons. The molecule has 0 fully saturated rings. The highest BCUT2D eigenvalue weighted by atomic mass is 79.9. The molecule has 0 aliphatic rings. The number of hydrogen-bond donors (Lipinski definition) is 2. The molecule has 0 bridgehead atoms. The summed E-state index contributed by atoms with van der Waals surface area (Å²) in [6.45, 7) is 0. The van der Waals surface area contributed by atoms with Crippen molar-refractivity contribution in [2.75, 3.05) is 7.11 Å². The van der Waals surface area contributed by atoms with E-state index < -0.39 is 10.8 Å². The van der Waals surface area contributed by atoms with Gasteiger partial charge >= 0.3 is 0 Å². The van der Waals surface area contributed by atoms with E-state index in [0.717, 1.165) is 0 Å². The number of hydrazone groups is 1. The van der Waals surface area contributed by atoms with Crippen LogP contribution in [-0.2, 0) is 0 Å². The highest BCUT2D eigenvalue weighted by molar-refractivity contribution is 9.10. The van der Waals surface area contributed by atoms with Crippen molar-refractivity contribution in [2.24, 2.45) is 5.10 Å². The van der Waals surface area contributed by atoms with Crippen molar-refractivity contribution in [2.45, 2.75) is 0 Å². The lowest BCUT2D eigenvalue weighted by atomic mass is 10.2. The lowest BCUT2D eigenvalue weighted by Crippen LogP contribution is -2.17. The van der Waals surface area contributed by atoms with Crippen molar-refractivity contribution in [3.8, 4) is 11.5 Å². The number of hydrogen-bond acceptors (Lipinski definition) is 6. The monoisotopic (exact) mass is 393 g/mol. The standard InChI is InChI=1S/C15H12BrN3O5/c1-24-11-4-5-12(14(20)7-11)15(21)18-17-8-9-2-3-10(19(22)23)6-13(9)16/h2-8,20H,1H3,(H,18,21)/b17-8-. The van der Waals surface area contributed by atoms with E-state index in [2.05, 4.69) is 26.5 Å². The molecular weight excluding hydrogens is 382 g/mol. The number of benzene rings is 2. The zero-order valence-electron chi connectivity index (χ0n) is 12.4. The fourth-order valence-electron chi connectivity index (χ4n) is 1.79. The van der Waals surface area contributed by atoms with E-state index in [0.29, 0.717) is 15.8 Å². The van der Waals surface area contributed by atoms with E-state index in [4.69, 9.17) is 4.74 Å². The zero-order chi connectivity index (χ0) is 17.7. The van der Waals surface area contributed by atoms with Gasteiger partial charge in [0.1, 0.15) is 11.5 Å². The molecule has 0 spiro atoms. The second kappa shape index (κ2) is 7.55. The third kappa shape index (κ3) is 4.07. The van der Waals surface area contributed by atoms with Crippen LogP contribution < -0.4 is 10.2 Å². The number of amides is 1. The highest BCUT2D eigenvalue weighted by Crippen LogP contribution is 2.23. The number of nitrogens with one attached hydrogen (secondary N) is 1. The van der Waals surface area contributed by atoms with Gasteiger partial charge in [-0.2, -0.15) is 5.10 Å². The fraction of sp³-hybridized carbons (Fsp3) is 0.0667. The van der Waals surface area contributed by atoms with Crippen LogP contribution in [0, 0.1) is 10.1 Å². The molecule has 0 atom stereocenters. The smallest absolute Gasteiger partial charge is 0.275 e. The number of carbonyl (C=O) groups is 1. The van der Waals surface area contributed by atoms with Gasteiger partial charge in [-0.3, -0.25) is 14.9 Å². The van der Waals surface area contributed by atoms with Crippen molar-refractivity contribution in [3.05, 3.63) is 62.1 Å². The van der Waals surface area contributed by atoms with Crippen molar-refractivity contribution < 1.29 is 19.6 Å². The predicted molar refractivity (Wildman–Crippen MR) is 90.5 cm³/mol. The number of phenolic OH excluding ortho intramolecular Hbond substituents is 1. The maximum Gasteiger partial charge on any atom is 0.275 e. The van der Waals surface area contributed by atoms with Crippen LogP contribution in [0.15, 0.2) is 46.0 Å². The number of methoxy groups -OCH3 is 1. The quantitative estimate of drug-likeness (QED) is 0.460. The van der Waals surface area contributed by atoms with Gasteiger partial charge in [0.2, 0.25) is 0 Å². The van der Waals surface area contributed by atoms with Gasteiger partial charge in [-0.15, -0.1) is 0 Å². The number of nitro benzene ring substituents is 1. The van der Waals surface area contributed by atoms with E-state index in [-0.39, 0.29) is 17.0 Å². The Labute approximate surface area is 145 Å². The van der Waals surface area contributed by atoms with Crippen LogP contribution in [0.5, 0.6) is 11.5 Å². The first-order valence-corrected chi connectivity index (χ1v) is 7.36. The average Bonchev–Trinajstić information content (AvgIpc) is 2.55. The first-order valence-electron chi connectivity index (χ1n) is 6.56. The maximum absolute atomic E-state index is 12.0. The normalized spacial score (nSPS) is 10.6. The van der Waals surface area contributed by atoms with Crippen molar-refractivity contribution >= 4 is 33.7 Å². The minimum atomic E-state index is -0.607. The third-order valence-electron chi connectivity index (χ3n) is 3.01. The van der Waals surface area contributed by atoms with Gasteiger partial charge in [0.25, 0.3) is 11.6 Å².